The summed E-state index contributed by atoms with van der Waals surface area (Å²) in [6.07, 6.45) is 5.61. The Morgan fingerprint density at radius 3 is 0.559 bits per heavy atom. The molecule has 3 heterocycles. The molecular weight excluding hydrogens is 982 g/mol. The molecule has 0 amide bonds. The van der Waals surface area contributed by atoms with Crippen LogP contribution >= 0.6 is 42.8 Å². The zero-order valence-electron chi connectivity index (χ0n) is 32.1. The van der Waals surface area contributed by atoms with Crippen LogP contribution in [0.4, 0.5) is 0 Å². The Morgan fingerprint density at radius 2 is 0.407 bits per heavy atom. The van der Waals surface area contributed by atoms with Crippen LogP contribution in [0.3, 0.4) is 0 Å². The zero-order valence-corrected chi connectivity index (χ0v) is 38.4. The van der Waals surface area contributed by atoms with Crippen LogP contribution in [0.1, 0.15) is 0 Å². The third kappa shape index (κ3) is 13.3. The van der Waals surface area contributed by atoms with Crippen molar-refractivity contribution in [1.29, 1.82) is 0 Å². The maximum atomic E-state index is 4.56. The van der Waals surface area contributed by atoms with Crippen molar-refractivity contribution in [3.8, 4) is 0 Å². The molecule has 0 aliphatic heterocycles. The monoisotopic (exact) mass is 1020 g/mol. The molecule has 0 atom stereocenters. The molecule has 9 rings (SSSR count). The first-order chi connectivity index (χ1) is 29.3. The van der Waals surface area contributed by atoms with Crippen molar-refractivity contribution in [1.82, 2.24) is 15.0 Å². The first kappa shape index (κ1) is 44.1. The van der Waals surface area contributed by atoms with Gasteiger partial charge in [-0.1, -0.05) is 200 Å². The summed E-state index contributed by atoms with van der Waals surface area (Å²) in [5, 5.41) is 8.01. The molecule has 3 aromatic heterocycles. The van der Waals surface area contributed by atoms with Crippen LogP contribution in [0, 0.1) is 0 Å². The fourth-order valence-corrected chi connectivity index (χ4v) is 12.7. The van der Waals surface area contributed by atoms with Gasteiger partial charge in [0.2, 0.25) is 0 Å². The Hall–Kier alpha value is -4.47. The maximum absolute atomic E-state index is 4.56. The topological polar surface area (TPSA) is 38.7 Å². The van der Waals surface area contributed by atoms with E-state index in [9.17, 15) is 0 Å². The fourth-order valence-electron chi connectivity index (χ4n) is 6.16. The van der Waals surface area contributed by atoms with Gasteiger partial charge in [-0.15, -0.1) is 0 Å². The van der Waals surface area contributed by atoms with Crippen LogP contribution in [-0.2, 0) is 17.3 Å². The van der Waals surface area contributed by atoms with E-state index in [2.05, 4.69) is 251 Å². The van der Waals surface area contributed by atoms with Crippen LogP contribution in [0.25, 0.3) is 0 Å². The van der Waals surface area contributed by atoms with Gasteiger partial charge < -0.3 is 0 Å². The van der Waals surface area contributed by atoms with Crippen molar-refractivity contribution in [3.63, 3.8) is 0 Å². The summed E-state index contributed by atoms with van der Waals surface area (Å²) in [6, 6.07) is 82.1. The van der Waals surface area contributed by atoms with E-state index in [0.717, 1.165) is 16.3 Å². The van der Waals surface area contributed by atoms with Gasteiger partial charge in [0.25, 0.3) is 0 Å². The molecule has 59 heavy (non-hydrogen) atoms. The summed E-state index contributed by atoms with van der Waals surface area (Å²) in [6.45, 7) is 0. The zero-order chi connectivity index (χ0) is 40.7. The van der Waals surface area contributed by atoms with Gasteiger partial charge >= 0.3 is 36.3 Å². The summed E-state index contributed by atoms with van der Waals surface area (Å²) >= 11 is 4.88. The molecular formula is C51H42AgIN3P3. The first-order valence-corrected chi connectivity index (χ1v) is 27.3. The van der Waals surface area contributed by atoms with E-state index in [0.29, 0.717) is 0 Å². The normalized spacial score (nSPS) is 10.3. The third-order valence-corrected chi connectivity index (χ3v) is 15.8. The van der Waals surface area contributed by atoms with E-state index in [1.54, 1.807) is 0 Å². The minimum Gasteiger partial charge on any atom is -0.256 e. The van der Waals surface area contributed by atoms with Crippen molar-refractivity contribution < 1.29 is 17.3 Å². The Bertz CT molecular complexity index is 1880. The van der Waals surface area contributed by atoms with E-state index in [4.69, 9.17) is 0 Å². The van der Waals surface area contributed by atoms with Gasteiger partial charge in [-0.2, -0.15) is 0 Å². The summed E-state index contributed by atoms with van der Waals surface area (Å²) in [4.78, 5) is 13.7. The molecule has 3 nitrogen and oxygen atoms in total. The molecule has 294 valence electrons. The molecule has 0 saturated heterocycles. The van der Waals surface area contributed by atoms with E-state index < -0.39 is 23.8 Å². The molecule has 6 aromatic carbocycles. The van der Waals surface area contributed by atoms with Crippen molar-refractivity contribution in [2.45, 2.75) is 0 Å². The summed E-state index contributed by atoms with van der Waals surface area (Å²) < 4.78 is 0. The van der Waals surface area contributed by atoms with Gasteiger partial charge in [-0.05, 0) is 68.2 Å². The molecule has 0 spiro atoms. The molecule has 0 N–H and O–H groups in total. The second kappa shape index (κ2) is 25.2. The quantitative estimate of drug-likeness (QED) is 0.0823. The predicted molar refractivity (Wildman–Crippen MR) is 263 cm³/mol. The van der Waals surface area contributed by atoms with Gasteiger partial charge in [-0.3, -0.25) is 15.0 Å². The molecule has 0 aliphatic carbocycles. The Kier molecular flexibility index (Phi) is 18.8. The number of hydrogen-bond acceptors (Lipinski definition) is 3. The first-order valence-electron chi connectivity index (χ1n) is 18.9. The summed E-state index contributed by atoms with van der Waals surface area (Å²) in [5.74, 6) is 0. The van der Waals surface area contributed by atoms with E-state index >= 15 is 0 Å². The fraction of sp³-hybridized carbons (Fsp3) is 0. The van der Waals surface area contributed by atoms with Crippen LogP contribution in [0.15, 0.2) is 255 Å². The van der Waals surface area contributed by atoms with Gasteiger partial charge in [-0.25, -0.2) is 0 Å². The van der Waals surface area contributed by atoms with E-state index in [1.165, 1.54) is 31.8 Å². The standard InChI is InChI=1S/3C17H14NP.Ag.HI/c3*1-3-9-15(10-4-1)19(16-11-5-2-6-12-16)17-13-7-8-14-18-17;;/h3*1-14H;;1H/q;;;+1;/p-1. The van der Waals surface area contributed by atoms with Crippen LogP contribution < -0.4 is 48.1 Å². The largest absolute Gasteiger partial charge is 0.256 e. The summed E-state index contributed by atoms with van der Waals surface area (Å²) in [7, 11) is -1.67. The maximum Gasteiger partial charge on any atom is 0.0720 e. The predicted octanol–water partition coefficient (Wildman–Crippen LogP) is 9.40. The van der Waals surface area contributed by atoms with E-state index in [-0.39, 0.29) is 0 Å². The van der Waals surface area contributed by atoms with Gasteiger partial charge in [0, 0.05) is 42.4 Å². The van der Waals surface area contributed by atoms with Crippen LogP contribution in [0.5, 0.6) is 0 Å². The Balaban J connectivity index is 0.000000146. The van der Waals surface area contributed by atoms with Gasteiger partial charge in [0.1, 0.15) is 0 Å². The Morgan fingerprint density at radius 1 is 0.237 bits per heavy atom. The van der Waals surface area contributed by atoms with Crippen LogP contribution in [0.2, 0.25) is 0 Å². The van der Waals surface area contributed by atoms with Crippen LogP contribution in [-0.4, -0.2) is 15.0 Å². The minimum absolute atomic E-state index is 0.557. The molecule has 0 unspecified atom stereocenters. The summed E-state index contributed by atoms with van der Waals surface area (Å²) in [5.41, 5.74) is 3.44. The average Bonchev–Trinajstić information content (AvgIpc) is 3.34. The van der Waals surface area contributed by atoms with Crippen molar-refractivity contribution in [2.24, 2.45) is 0 Å². The molecule has 0 fully saturated rings. The van der Waals surface area contributed by atoms with Crippen molar-refractivity contribution in [3.05, 3.63) is 255 Å². The SMILES string of the molecule is [Ag][I].c1ccc(P(c2ccccc2)c2ccccn2)cc1.c1ccc(P(c2ccccc2)c2ccccn2)cc1.c1ccc(P(c2ccccc2)c2ccccn2)cc1. The number of pyridine rings is 3. The molecule has 9 aromatic rings. The van der Waals surface area contributed by atoms with Crippen molar-refractivity contribution >= 4 is 90.9 Å². The smallest absolute Gasteiger partial charge is 0.0720 e. The minimum atomic E-state index is -0.557. The number of nitrogens with zero attached hydrogens (tertiary/aromatic N) is 3. The van der Waals surface area contributed by atoms with E-state index in [1.807, 2.05) is 55.8 Å². The average molecular weight is 1020 g/mol. The number of benzene rings is 6. The molecule has 8 heteroatoms. The second-order valence-corrected chi connectivity index (χ2v) is 19.1. The molecule has 0 radical (unpaired) electrons. The number of halogens is 1. The molecule has 0 bridgehead atoms. The van der Waals surface area contributed by atoms with Gasteiger partial charge in [0.05, 0.1) is 16.3 Å². The number of rotatable bonds is 9. The second-order valence-electron chi connectivity index (χ2n) is 12.6. The number of hydrogen-bond donors (Lipinski definition) is 0. The molecule has 0 aliphatic rings. The van der Waals surface area contributed by atoms with Crippen molar-refractivity contribution in [2.75, 3.05) is 0 Å². The Labute approximate surface area is 375 Å². The third-order valence-electron chi connectivity index (χ3n) is 8.72. The molecule has 0 saturated carbocycles. The number of aromatic nitrogens is 3. The van der Waals surface area contributed by atoms with Gasteiger partial charge in [0.15, 0.2) is 0 Å².